The molecule has 0 spiro atoms. The highest BCUT2D eigenvalue weighted by Crippen LogP contribution is 2.35. The summed E-state index contributed by atoms with van der Waals surface area (Å²) in [6.45, 7) is 1.81. The van der Waals surface area contributed by atoms with Crippen LogP contribution in [0.15, 0.2) is 48.5 Å². The molecule has 1 aliphatic carbocycles. The van der Waals surface area contributed by atoms with E-state index in [-0.39, 0.29) is 17.6 Å². The van der Waals surface area contributed by atoms with Crippen LogP contribution in [0.2, 0.25) is 0 Å². The van der Waals surface area contributed by atoms with Crippen molar-refractivity contribution < 1.29 is 13.2 Å². The van der Waals surface area contributed by atoms with Crippen molar-refractivity contribution in [3.8, 4) is 0 Å². The maximum atomic E-state index is 12.4. The molecule has 0 radical (unpaired) electrons. The summed E-state index contributed by atoms with van der Waals surface area (Å²) in [6, 6.07) is 14.7. The molecular formula is C18H20N2O3S. The first-order valence-corrected chi connectivity index (χ1v) is 9.63. The molecule has 1 amide bonds. The summed E-state index contributed by atoms with van der Waals surface area (Å²) in [5.74, 6) is -0.133. The van der Waals surface area contributed by atoms with Crippen LogP contribution in [-0.2, 0) is 21.2 Å². The molecule has 0 aliphatic heterocycles. The SMILES string of the molecule is CCCS(=O)(=O)Nc1cccc(NC(=O)[C@@H]2Cc3ccccc32)c1. The molecule has 1 atom stereocenters. The minimum atomic E-state index is -3.34. The van der Waals surface area contributed by atoms with Crippen LogP contribution in [0, 0.1) is 0 Å². The standard InChI is InChI=1S/C18H20N2O3S/c1-2-10-24(22,23)20-15-8-5-7-14(12-15)19-18(21)17-11-13-6-3-4-9-16(13)17/h3-9,12,17,20H,2,10-11H2,1H3,(H,19,21)/t17-/m1/s1. The second-order valence-corrected chi connectivity index (χ2v) is 7.79. The molecular weight excluding hydrogens is 324 g/mol. The molecule has 0 aromatic heterocycles. The lowest BCUT2D eigenvalue weighted by molar-refractivity contribution is -0.118. The smallest absolute Gasteiger partial charge is 0.232 e. The number of hydrogen-bond donors (Lipinski definition) is 2. The molecule has 0 saturated carbocycles. The van der Waals surface area contributed by atoms with Gasteiger partial charge in [-0.2, -0.15) is 0 Å². The predicted octanol–water partition coefficient (Wildman–Crippen LogP) is 3.12. The second kappa shape index (κ2) is 6.65. The molecule has 1 aliphatic rings. The lowest BCUT2D eigenvalue weighted by Crippen LogP contribution is -2.30. The molecule has 2 N–H and O–H groups in total. The number of nitrogens with one attached hydrogen (secondary N) is 2. The Morgan fingerprint density at radius 1 is 1.12 bits per heavy atom. The van der Waals surface area contributed by atoms with Gasteiger partial charge in [-0.25, -0.2) is 8.42 Å². The topological polar surface area (TPSA) is 75.3 Å². The fraction of sp³-hybridized carbons (Fsp3) is 0.278. The quantitative estimate of drug-likeness (QED) is 0.845. The van der Waals surface area contributed by atoms with Gasteiger partial charge in [-0.15, -0.1) is 0 Å². The van der Waals surface area contributed by atoms with Crippen molar-refractivity contribution in [2.24, 2.45) is 0 Å². The summed E-state index contributed by atoms with van der Waals surface area (Å²) in [5.41, 5.74) is 3.31. The Balaban J connectivity index is 1.68. The normalized spacial score (nSPS) is 16.0. The minimum absolute atomic E-state index is 0.0673. The molecule has 126 valence electrons. The molecule has 0 unspecified atom stereocenters. The van der Waals surface area contributed by atoms with Crippen molar-refractivity contribution in [2.45, 2.75) is 25.7 Å². The first-order valence-electron chi connectivity index (χ1n) is 7.98. The number of sulfonamides is 1. The van der Waals surface area contributed by atoms with Crippen LogP contribution in [0.3, 0.4) is 0 Å². The maximum absolute atomic E-state index is 12.4. The van der Waals surface area contributed by atoms with Crippen molar-refractivity contribution in [3.05, 3.63) is 59.7 Å². The van der Waals surface area contributed by atoms with Gasteiger partial charge in [0, 0.05) is 5.69 Å². The first-order chi connectivity index (χ1) is 11.5. The highest BCUT2D eigenvalue weighted by molar-refractivity contribution is 7.92. The molecule has 0 bridgehead atoms. The monoisotopic (exact) mass is 344 g/mol. The Bertz CT molecular complexity index is 862. The largest absolute Gasteiger partial charge is 0.325 e. The van der Waals surface area contributed by atoms with Crippen LogP contribution in [-0.4, -0.2) is 20.1 Å². The number of amides is 1. The zero-order chi connectivity index (χ0) is 17.2. The third-order valence-corrected chi connectivity index (χ3v) is 5.54. The molecule has 6 heteroatoms. The van der Waals surface area contributed by atoms with E-state index in [2.05, 4.69) is 10.0 Å². The van der Waals surface area contributed by atoms with Gasteiger partial charge >= 0.3 is 0 Å². The van der Waals surface area contributed by atoms with Gasteiger partial charge in [0.25, 0.3) is 0 Å². The summed E-state index contributed by atoms with van der Waals surface area (Å²) in [4.78, 5) is 12.4. The third-order valence-electron chi connectivity index (χ3n) is 4.05. The minimum Gasteiger partial charge on any atom is -0.325 e. The van der Waals surface area contributed by atoms with Crippen LogP contribution < -0.4 is 10.0 Å². The average molecular weight is 344 g/mol. The fourth-order valence-electron chi connectivity index (χ4n) is 2.88. The molecule has 0 fully saturated rings. The Morgan fingerprint density at radius 3 is 2.62 bits per heavy atom. The molecule has 2 aromatic carbocycles. The van der Waals surface area contributed by atoms with Gasteiger partial charge in [0.1, 0.15) is 0 Å². The Morgan fingerprint density at radius 2 is 1.88 bits per heavy atom. The van der Waals surface area contributed by atoms with E-state index in [4.69, 9.17) is 0 Å². The van der Waals surface area contributed by atoms with Gasteiger partial charge in [-0.1, -0.05) is 37.3 Å². The number of benzene rings is 2. The number of fused-ring (bicyclic) bond motifs is 1. The van der Waals surface area contributed by atoms with Gasteiger partial charge in [0.05, 0.1) is 17.4 Å². The van der Waals surface area contributed by atoms with E-state index in [1.165, 1.54) is 5.56 Å². The van der Waals surface area contributed by atoms with E-state index in [0.29, 0.717) is 17.8 Å². The predicted molar refractivity (Wildman–Crippen MR) is 95.7 cm³/mol. The van der Waals surface area contributed by atoms with Gasteiger partial charge < -0.3 is 5.32 Å². The van der Waals surface area contributed by atoms with E-state index in [9.17, 15) is 13.2 Å². The number of anilines is 2. The third kappa shape index (κ3) is 3.59. The van der Waals surface area contributed by atoms with Crippen molar-refractivity contribution in [3.63, 3.8) is 0 Å². The van der Waals surface area contributed by atoms with Crippen molar-refractivity contribution in [2.75, 3.05) is 15.8 Å². The van der Waals surface area contributed by atoms with Crippen LogP contribution in [0.1, 0.15) is 30.4 Å². The first kappa shape index (κ1) is 16.5. The summed E-state index contributed by atoms with van der Waals surface area (Å²) in [7, 11) is -3.34. The number of rotatable bonds is 6. The Labute approximate surface area is 142 Å². The van der Waals surface area contributed by atoms with Gasteiger partial charge in [0.15, 0.2) is 0 Å². The lowest BCUT2D eigenvalue weighted by atomic mass is 9.77. The Hall–Kier alpha value is -2.34. The highest BCUT2D eigenvalue weighted by atomic mass is 32.2. The van der Waals surface area contributed by atoms with Gasteiger partial charge in [0.2, 0.25) is 15.9 Å². The van der Waals surface area contributed by atoms with E-state index in [1.807, 2.05) is 31.2 Å². The van der Waals surface area contributed by atoms with E-state index < -0.39 is 10.0 Å². The average Bonchev–Trinajstić information content (AvgIpc) is 2.48. The van der Waals surface area contributed by atoms with Gasteiger partial charge in [-0.05, 0) is 42.2 Å². The Kier molecular flexibility index (Phi) is 4.57. The summed E-state index contributed by atoms with van der Waals surface area (Å²) in [5, 5.41) is 2.87. The number of carbonyl (C=O) groups is 1. The zero-order valence-corrected chi connectivity index (χ0v) is 14.3. The van der Waals surface area contributed by atoms with Crippen LogP contribution >= 0.6 is 0 Å². The maximum Gasteiger partial charge on any atom is 0.232 e. The molecule has 2 aromatic rings. The lowest BCUT2D eigenvalue weighted by Gasteiger charge is -2.28. The molecule has 0 saturated heterocycles. The molecule has 0 heterocycles. The fourth-order valence-corrected chi connectivity index (χ4v) is 4.01. The van der Waals surface area contributed by atoms with Crippen LogP contribution in [0.5, 0.6) is 0 Å². The van der Waals surface area contributed by atoms with Crippen LogP contribution in [0.4, 0.5) is 11.4 Å². The summed E-state index contributed by atoms with van der Waals surface area (Å²) >= 11 is 0. The molecule has 5 nitrogen and oxygen atoms in total. The van der Waals surface area contributed by atoms with E-state index >= 15 is 0 Å². The van der Waals surface area contributed by atoms with Crippen molar-refractivity contribution in [1.82, 2.24) is 0 Å². The van der Waals surface area contributed by atoms with Crippen molar-refractivity contribution >= 4 is 27.3 Å². The molecule has 24 heavy (non-hydrogen) atoms. The summed E-state index contributed by atoms with van der Waals surface area (Å²) in [6.07, 6.45) is 1.29. The van der Waals surface area contributed by atoms with E-state index in [0.717, 1.165) is 12.0 Å². The zero-order valence-electron chi connectivity index (χ0n) is 13.5. The summed E-state index contributed by atoms with van der Waals surface area (Å²) < 4.78 is 26.2. The number of hydrogen-bond acceptors (Lipinski definition) is 3. The number of carbonyl (C=O) groups excluding carboxylic acids is 1. The second-order valence-electron chi connectivity index (χ2n) is 5.95. The highest BCUT2D eigenvalue weighted by Gasteiger charge is 2.31. The van der Waals surface area contributed by atoms with Crippen molar-refractivity contribution in [1.29, 1.82) is 0 Å². The van der Waals surface area contributed by atoms with Crippen LogP contribution in [0.25, 0.3) is 0 Å². The molecule has 3 rings (SSSR count). The van der Waals surface area contributed by atoms with E-state index in [1.54, 1.807) is 24.3 Å². The van der Waals surface area contributed by atoms with Gasteiger partial charge in [-0.3, -0.25) is 9.52 Å².